The van der Waals surface area contributed by atoms with Gasteiger partial charge in [-0.1, -0.05) is 13.0 Å². The second-order valence-corrected chi connectivity index (χ2v) is 4.75. The molecule has 86 valence electrons. The summed E-state index contributed by atoms with van der Waals surface area (Å²) < 4.78 is 2.15. The first kappa shape index (κ1) is 11.4. The first-order chi connectivity index (χ1) is 7.88. The van der Waals surface area contributed by atoms with Crippen LogP contribution in [0.1, 0.15) is 17.5 Å². The highest BCUT2D eigenvalue weighted by molar-refractivity contribution is 7.09. The zero-order chi connectivity index (χ0) is 11.2. The van der Waals surface area contributed by atoms with Gasteiger partial charge in [0.05, 0.1) is 18.6 Å². The molecule has 2 heterocycles. The lowest BCUT2D eigenvalue weighted by Crippen LogP contribution is -2.16. The van der Waals surface area contributed by atoms with E-state index in [-0.39, 0.29) is 0 Å². The maximum Gasteiger partial charge on any atom is 0.0952 e. The van der Waals surface area contributed by atoms with E-state index in [1.165, 1.54) is 4.88 Å². The molecule has 3 nitrogen and oxygen atoms in total. The van der Waals surface area contributed by atoms with E-state index >= 15 is 0 Å². The van der Waals surface area contributed by atoms with Crippen molar-refractivity contribution in [3.63, 3.8) is 0 Å². The third-order valence-corrected chi connectivity index (χ3v) is 3.27. The molecule has 0 radical (unpaired) electrons. The van der Waals surface area contributed by atoms with Gasteiger partial charge < -0.3 is 9.88 Å². The van der Waals surface area contributed by atoms with Crippen molar-refractivity contribution >= 4 is 11.3 Å². The molecule has 0 atom stereocenters. The van der Waals surface area contributed by atoms with Crippen molar-refractivity contribution in [1.82, 2.24) is 14.9 Å². The first-order valence-corrected chi connectivity index (χ1v) is 6.50. The average Bonchev–Trinajstić information content (AvgIpc) is 2.91. The van der Waals surface area contributed by atoms with E-state index < -0.39 is 0 Å². The summed E-state index contributed by atoms with van der Waals surface area (Å²) in [5.74, 6) is 0. The van der Waals surface area contributed by atoms with E-state index in [1.54, 1.807) is 11.3 Å². The minimum absolute atomic E-state index is 0.936. The predicted octanol–water partition coefficient (Wildman–Crippen LogP) is 2.14. The molecule has 2 rings (SSSR count). The Morgan fingerprint density at radius 2 is 2.44 bits per heavy atom. The minimum atomic E-state index is 0.936. The molecule has 0 aromatic carbocycles. The fraction of sp³-hybridized carbons (Fsp3) is 0.417. The van der Waals surface area contributed by atoms with Gasteiger partial charge in [-0.05, 0) is 18.0 Å². The summed E-state index contributed by atoms with van der Waals surface area (Å²) in [5.41, 5.74) is 1.16. The van der Waals surface area contributed by atoms with Crippen LogP contribution in [0, 0.1) is 0 Å². The van der Waals surface area contributed by atoms with Gasteiger partial charge in [-0.2, -0.15) is 0 Å². The normalized spacial score (nSPS) is 10.8. The number of imidazole rings is 1. The third-order valence-electron chi connectivity index (χ3n) is 2.41. The first-order valence-electron chi connectivity index (χ1n) is 5.62. The number of nitrogens with zero attached hydrogens (tertiary/aromatic N) is 2. The van der Waals surface area contributed by atoms with Gasteiger partial charge in [-0.25, -0.2) is 4.98 Å². The molecule has 16 heavy (non-hydrogen) atoms. The number of hydrogen-bond acceptors (Lipinski definition) is 3. The molecular weight excluding hydrogens is 218 g/mol. The molecule has 0 fully saturated rings. The quantitative estimate of drug-likeness (QED) is 0.777. The summed E-state index contributed by atoms with van der Waals surface area (Å²) in [6, 6.07) is 4.24. The maximum atomic E-state index is 4.40. The third kappa shape index (κ3) is 3.18. The number of thiophene rings is 1. The van der Waals surface area contributed by atoms with Crippen LogP contribution in [-0.2, 0) is 13.0 Å². The van der Waals surface area contributed by atoms with Gasteiger partial charge in [-0.3, -0.25) is 0 Å². The minimum Gasteiger partial charge on any atom is -0.332 e. The van der Waals surface area contributed by atoms with Crippen LogP contribution in [0.2, 0.25) is 0 Å². The van der Waals surface area contributed by atoms with Crippen LogP contribution in [-0.4, -0.2) is 22.6 Å². The van der Waals surface area contributed by atoms with E-state index in [9.17, 15) is 0 Å². The Morgan fingerprint density at radius 1 is 1.50 bits per heavy atom. The van der Waals surface area contributed by atoms with E-state index in [0.29, 0.717) is 0 Å². The Labute approximate surface area is 100 Å². The van der Waals surface area contributed by atoms with Crippen molar-refractivity contribution in [2.45, 2.75) is 19.9 Å². The summed E-state index contributed by atoms with van der Waals surface area (Å²) in [4.78, 5) is 5.77. The average molecular weight is 235 g/mol. The highest BCUT2D eigenvalue weighted by Gasteiger charge is 2.00. The van der Waals surface area contributed by atoms with Crippen molar-refractivity contribution in [2.75, 3.05) is 13.1 Å². The molecule has 0 unspecified atom stereocenters. The Bertz CT molecular complexity index is 406. The molecule has 0 aliphatic rings. The molecule has 1 N–H and O–H groups in total. The number of nitrogens with one attached hydrogen (secondary N) is 1. The summed E-state index contributed by atoms with van der Waals surface area (Å²) in [7, 11) is 0. The molecule has 0 bridgehead atoms. The Balaban J connectivity index is 1.87. The molecule has 0 amide bonds. The van der Waals surface area contributed by atoms with E-state index in [4.69, 9.17) is 0 Å². The summed E-state index contributed by atoms with van der Waals surface area (Å²) >= 11 is 1.79. The molecule has 2 aromatic rings. The zero-order valence-electron chi connectivity index (χ0n) is 9.52. The Hall–Kier alpha value is -1.13. The Morgan fingerprint density at radius 3 is 3.19 bits per heavy atom. The molecule has 0 saturated carbocycles. The van der Waals surface area contributed by atoms with Crippen LogP contribution in [0.25, 0.3) is 0 Å². The van der Waals surface area contributed by atoms with Crippen LogP contribution in [0.4, 0.5) is 0 Å². The Kier molecular flexibility index (Phi) is 4.13. The van der Waals surface area contributed by atoms with Gasteiger partial charge in [0, 0.05) is 24.0 Å². The van der Waals surface area contributed by atoms with E-state index in [0.717, 1.165) is 31.7 Å². The molecule has 0 aliphatic carbocycles. The van der Waals surface area contributed by atoms with Crippen LogP contribution >= 0.6 is 11.3 Å². The summed E-state index contributed by atoms with van der Waals surface area (Å²) in [5, 5.41) is 5.41. The van der Waals surface area contributed by atoms with Gasteiger partial charge in [0.2, 0.25) is 0 Å². The van der Waals surface area contributed by atoms with Crippen LogP contribution in [0.15, 0.2) is 30.0 Å². The van der Waals surface area contributed by atoms with Crippen molar-refractivity contribution in [1.29, 1.82) is 0 Å². The van der Waals surface area contributed by atoms with Crippen molar-refractivity contribution in [3.05, 3.63) is 40.6 Å². The molecule has 0 aliphatic heterocycles. The largest absolute Gasteiger partial charge is 0.332 e. The van der Waals surface area contributed by atoms with E-state index in [2.05, 4.69) is 45.5 Å². The van der Waals surface area contributed by atoms with Crippen molar-refractivity contribution in [3.8, 4) is 0 Å². The van der Waals surface area contributed by atoms with Gasteiger partial charge in [0.15, 0.2) is 0 Å². The van der Waals surface area contributed by atoms with Crippen LogP contribution < -0.4 is 5.32 Å². The maximum absolute atomic E-state index is 4.40. The highest BCUT2D eigenvalue weighted by Crippen LogP contribution is 2.10. The molecular formula is C12H17N3S. The highest BCUT2D eigenvalue weighted by atomic mass is 32.1. The van der Waals surface area contributed by atoms with Gasteiger partial charge in [-0.15, -0.1) is 11.3 Å². The van der Waals surface area contributed by atoms with Gasteiger partial charge >= 0.3 is 0 Å². The summed E-state index contributed by atoms with van der Waals surface area (Å²) in [6.07, 6.45) is 5.06. The lowest BCUT2D eigenvalue weighted by Gasteiger charge is -1.99. The van der Waals surface area contributed by atoms with E-state index in [1.807, 2.05) is 6.33 Å². The zero-order valence-corrected chi connectivity index (χ0v) is 10.3. The number of likely N-dealkylation sites (N-methyl/N-ethyl adjacent to an activating group) is 1. The smallest absolute Gasteiger partial charge is 0.0952 e. The number of hydrogen-bond donors (Lipinski definition) is 1. The second-order valence-electron chi connectivity index (χ2n) is 3.72. The second kappa shape index (κ2) is 5.82. The number of rotatable bonds is 6. The summed E-state index contributed by atoms with van der Waals surface area (Å²) in [6.45, 7) is 5.09. The van der Waals surface area contributed by atoms with Crippen molar-refractivity contribution < 1.29 is 0 Å². The lowest BCUT2D eigenvalue weighted by atomic mass is 10.3. The fourth-order valence-corrected chi connectivity index (χ4v) is 2.31. The predicted molar refractivity (Wildman–Crippen MR) is 67.9 cm³/mol. The molecule has 0 saturated heterocycles. The SMILES string of the molecule is CCNCCc1cn(Cc2cccs2)cn1. The van der Waals surface area contributed by atoms with Crippen LogP contribution in [0.5, 0.6) is 0 Å². The van der Waals surface area contributed by atoms with Gasteiger partial charge in [0.1, 0.15) is 0 Å². The number of aromatic nitrogens is 2. The topological polar surface area (TPSA) is 29.9 Å². The van der Waals surface area contributed by atoms with Crippen molar-refractivity contribution in [2.24, 2.45) is 0 Å². The standard InChI is InChI=1S/C12H17N3S/c1-2-13-6-5-11-8-15(10-14-11)9-12-4-3-7-16-12/h3-4,7-8,10,13H,2,5-6,9H2,1H3. The molecule has 4 heteroatoms. The van der Waals surface area contributed by atoms with Gasteiger partial charge in [0.25, 0.3) is 0 Å². The monoisotopic (exact) mass is 235 g/mol. The lowest BCUT2D eigenvalue weighted by molar-refractivity contribution is 0.709. The molecule has 0 spiro atoms. The molecule has 2 aromatic heterocycles. The van der Waals surface area contributed by atoms with Crippen LogP contribution in [0.3, 0.4) is 0 Å². The fourth-order valence-electron chi connectivity index (χ4n) is 1.60.